The number of anilines is 1. The highest BCUT2D eigenvalue weighted by Crippen LogP contribution is 2.34. The number of carbonyl (C=O) groups excluding carboxylic acids is 2. The van der Waals surface area contributed by atoms with Gasteiger partial charge in [0.25, 0.3) is 5.91 Å². The summed E-state index contributed by atoms with van der Waals surface area (Å²) in [7, 11) is 0. The predicted molar refractivity (Wildman–Crippen MR) is 128 cm³/mol. The molecule has 4 nitrogen and oxygen atoms in total. The molecule has 0 N–H and O–H groups in total. The third-order valence-electron chi connectivity index (χ3n) is 6.27. The van der Waals surface area contributed by atoms with Gasteiger partial charge in [-0.1, -0.05) is 59.8 Å². The van der Waals surface area contributed by atoms with Crippen molar-refractivity contribution in [1.82, 2.24) is 4.90 Å². The van der Waals surface area contributed by atoms with Gasteiger partial charge in [0.1, 0.15) is 0 Å². The number of hydrogen-bond acceptors (Lipinski definition) is 2. The minimum absolute atomic E-state index is 0.0530. The summed E-state index contributed by atoms with van der Waals surface area (Å²) in [4.78, 5) is 30.5. The number of para-hydroxylation sites is 1. The number of fused-ring (bicyclic) bond motifs is 1. The van der Waals surface area contributed by atoms with Crippen molar-refractivity contribution in [3.63, 3.8) is 0 Å². The molecule has 31 heavy (non-hydrogen) atoms. The van der Waals surface area contributed by atoms with Crippen LogP contribution in [0.4, 0.5) is 5.69 Å². The lowest BCUT2D eigenvalue weighted by Gasteiger charge is -2.28. The van der Waals surface area contributed by atoms with E-state index in [4.69, 9.17) is 0 Å². The molecule has 0 bridgehead atoms. The fourth-order valence-electron chi connectivity index (χ4n) is 4.32. The van der Waals surface area contributed by atoms with Crippen LogP contribution < -0.4 is 4.90 Å². The smallest absolute Gasteiger partial charge is 0.254 e. The number of nitrogens with zero attached hydrogens (tertiary/aromatic N) is 2. The first kappa shape index (κ1) is 22.1. The topological polar surface area (TPSA) is 40.6 Å². The molecule has 5 heteroatoms. The highest BCUT2D eigenvalue weighted by atomic mass is 79.9. The Morgan fingerprint density at radius 2 is 1.45 bits per heavy atom. The van der Waals surface area contributed by atoms with Gasteiger partial charge in [0, 0.05) is 41.3 Å². The van der Waals surface area contributed by atoms with E-state index in [0.717, 1.165) is 67.3 Å². The normalized spacial score (nSPS) is 18.4. The van der Waals surface area contributed by atoms with E-state index in [0.29, 0.717) is 12.1 Å². The molecule has 1 fully saturated rings. The Hall–Kier alpha value is -2.14. The fraction of sp³-hybridized carbons (Fsp3) is 0.462. The van der Waals surface area contributed by atoms with Crippen LogP contribution in [0.1, 0.15) is 67.3 Å². The van der Waals surface area contributed by atoms with Gasteiger partial charge in [-0.15, -0.1) is 0 Å². The maximum atomic E-state index is 13.4. The van der Waals surface area contributed by atoms with Crippen molar-refractivity contribution in [1.29, 1.82) is 0 Å². The molecule has 1 aliphatic carbocycles. The number of halogens is 1. The molecule has 1 heterocycles. The quantitative estimate of drug-likeness (QED) is 0.511. The zero-order valence-electron chi connectivity index (χ0n) is 18.1. The lowest BCUT2D eigenvalue weighted by molar-refractivity contribution is -0.119. The van der Waals surface area contributed by atoms with Crippen LogP contribution >= 0.6 is 15.9 Å². The maximum absolute atomic E-state index is 13.4. The summed E-state index contributed by atoms with van der Waals surface area (Å²) < 4.78 is 0.966. The number of hydrogen-bond donors (Lipinski definition) is 0. The molecule has 2 aliphatic rings. The molecule has 0 radical (unpaired) electrons. The van der Waals surface area contributed by atoms with Crippen molar-refractivity contribution in [3.8, 4) is 0 Å². The molecule has 0 unspecified atom stereocenters. The van der Waals surface area contributed by atoms with Gasteiger partial charge >= 0.3 is 0 Å². The van der Waals surface area contributed by atoms with E-state index in [1.807, 2.05) is 46.2 Å². The Morgan fingerprint density at radius 3 is 2.16 bits per heavy atom. The molecular formula is C26H31BrN2O2. The third kappa shape index (κ3) is 5.76. The van der Waals surface area contributed by atoms with Crippen LogP contribution in [0.15, 0.2) is 53.0 Å². The third-order valence-corrected chi connectivity index (χ3v) is 6.80. The van der Waals surface area contributed by atoms with Crippen LogP contribution in [-0.2, 0) is 11.3 Å². The van der Waals surface area contributed by atoms with Crippen molar-refractivity contribution < 1.29 is 9.59 Å². The average molecular weight is 483 g/mol. The van der Waals surface area contributed by atoms with E-state index in [1.165, 1.54) is 12.8 Å². The molecule has 2 aromatic carbocycles. The molecule has 0 spiro atoms. The fourth-order valence-corrected chi connectivity index (χ4v) is 4.58. The largest absolute Gasteiger partial charge is 0.334 e. The predicted octanol–water partition coefficient (Wildman–Crippen LogP) is 6.19. The van der Waals surface area contributed by atoms with Crippen molar-refractivity contribution in [3.05, 3.63) is 64.1 Å². The van der Waals surface area contributed by atoms with Gasteiger partial charge in [-0.05, 0) is 61.6 Å². The maximum Gasteiger partial charge on any atom is 0.254 e. The van der Waals surface area contributed by atoms with E-state index >= 15 is 0 Å². The van der Waals surface area contributed by atoms with Crippen LogP contribution in [0.3, 0.4) is 0 Å². The zero-order chi connectivity index (χ0) is 21.6. The second-order valence-electron chi connectivity index (χ2n) is 8.75. The summed E-state index contributed by atoms with van der Waals surface area (Å²) >= 11 is 3.45. The molecule has 0 atom stereocenters. The van der Waals surface area contributed by atoms with Crippen LogP contribution in [0.5, 0.6) is 0 Å². The van der Waals surface area contributed by atoms with Gasteiger partial charge in [-0.2, -0.15) is 0 Å². The van der Waals surface area contributed by atoms with Crippen molar-refractivity contribution in [2.45, 2.75) is 57.9 Å². The Labute approximate surface area is 193 Å². The van der Waals surface area contributed by atoms with E-state index in [2.05, 4.69) is 28.1 Å². The second kappa shape index (κ2) is 10.4. The van der Waals surface area contributed by atoms with Gasteiger partial charge in [-0.25, -0.2) is 0 Å². The Kier molecular flexibility index (Phi) is 7.44. The highest BCUT2D eigenvalue weighted by Gasteiger charge is 2.34. The summed E-state index contributed by atoms with van der Waals surface area (Å²) in [6, 6.07) is 15.7. The van der Waals surface area contributed by atoms with Crippen LogP contribution in [0.2, 0.25) is 0 Å². The SMILES string of the molecule is O=C(c1ccc(Br)cc1)N1CCCCCCCCN(C(=O)C2CC2)c2ccccc2C1. The van der Waals surface area contributed by atoms with E-state index in [-0.39, 0.29) is 17.7 Å². The van der Waals surface area contributed by atoms with Gasteiger partial charge in [0.15, 0.2) is 0 Å². The summed E-state index contributed by atoms with van der Waals surface area (Å²) in [5.74, 6) is 0.495. The molecule has 1 saturated carbocycles. The Morgan fingerprint density at radius 1 is 0.806 bits per heavy atom. The molecule has 164 valence electrons. The molecule has 0 aromatic heterocycles. The lowest BCUT2D eigenvalue weighted by Crippen LogP contribution is -2.36. The lowest BCUT2D eigenvalue weighted by atomic mass is 10.1. The molecular weight excluding hydrogens is 452 g/mol. The van der Waals surface area contributed by atoms with Gasteiger partial charge in [0.05, 0.1) is 0 Å². The number of amides is 2. The molecule has 2 aromatic rings. The number of rotatable bonds is 2. The zero-order valence-corrected chi connectivity index (χ0v) is 19.6. The van der Waals surface area contributed by atoms with Crippen molar-refractivity contribution >= 4 is 33.4 Å². The summed E-state index contributed by atoms with van der Waals surface area (Å²) in [5, 5.41) is 0. The standard InChI is InChI=1S/C26H31BrN2O2/c27-23-15-13-20(14-16-23)25(30)28-17-7-3-1-2-4-8-18-29(26(31)21-11-12-21)24-10-6-5-9-22(24)19-28/h5-6,9-10,13-16,21H,1-4,7-8,11-12,17-19H2. The van der Waals surface area contributed by atoms with E-state index < -0.39 is 0 Å². The molecule has 4 rings (SSSR count). The average Bonchev–Trinajstić information content (AvgIpc) is 3.62. The summed E-state index contributed by atoms with van der Waals surface area (Å²) in [6.07, 6.45) is 8.72. The Balaban J connectivity index is 1.64. The van der Waals surface area contributed by atoms with Crippen LogP contribution in [0.25, 0.3) is 0 Å². The summed E-state index contributed by atoms with van der Waals surface area (Å²) in [6.45, 7) is 2.03. The first-order chi connectivity index (χ1) is 15.1. The van der Waals surface area contributed by atoms with E-state index in [1.54, 1.807) is 0 Å². The minimum Gasteiger partial charge on any atom is -0.334 e. The highest BCUT2D eigenvalue weighted by molar-refractivity contribution is 9.10. The first-order valence-electron chi connectivity index (χ1n) is 11.6. The van der Waals surface area contributed by atoms with Gasteiger partial charge < -0.3 is 9.80 Å². The second-order valence-corrected chi connectivity index (χ2v) is 9.66. The van der Waals surface area contributed by atoms with Crippen molar-refractivity contribution in [2.75, 3.05) is 18.0 Å². The molecule has 1 aliphatic heterocycles. The first-order valence-corrected chi connectivity index (χ1v) is 12.4. The molecule has 0 saturated heterocycles. The molecule has 2 amide bonds. The van der Waals surface area contributed by atoms with Gasteiger partial charge in [-0.3, -0.25) is 9.59 Å². The van der Waals surface area contributed by atoms with Crippen molar-refractivity contribution in [2.24, 2.45) is 5.92 Å². The number of benzene rings is 2. The monoisotopic (exact) mass is 482 g/mol. The Bertz CT molecular complexity index is 908. The summed E-state index contributed by atoms with van der Waals surface area (Å²) in [5.41, 5.74) is 2.74. The van der Waals surface area contributed by atoms with Crippen LogP contribution in [0, 0.1) is 5.92 Å². The minimum atomic E-state index is 0.0530. The van der Waals surface area contributed by atoms with E-state index in [9.17, 15) is 9.59 Å². The van der Waals surface area contributed by atoms with Crippen LogP contribution in [-0.4, -0.2) is 29.8 Å². The number of carbonyl (C=O) groups is 2. The van der Waals surface area contributed by atoms with Gasteiger partial charge in [0.2, 0.25) is 5.91 Å².